The third kappa shape index (κ3) is 4.64. The zero-order valence-electron chi connectivity index (χ0n) is 13.9. The minimum atomic E-state index is -4.26. The van der Waals surface area contributed by atoms with E-state index in [-0.39, 0.29) is 18.3 Å². The summed E-state index contributed by atoms with van der Waals surface area (Å²) >= 11 is 0. The summed E-state index contributed by atoms with van der Waals surface area (Å²) in [6.45, 7) is 1.30. The van der Waals surface area contributed by atoms with E-state index in [2.05, 4.69) is 14.6 Å². The van der Waals surface area contributed by atoms with Crippen molar-refractivity contribution in [1.82, 2.24) is 14.5 Å². The number of para-hydroxylation sites is 2. The maximum atomic E-state index is 12.2. The molecule has 0 amide bonds. The summed E-state index contributed by atoms with van der Waals surface area (Å²) in [5, 5.41) is 0. The highest BCUT2D eigenvalue weighted by Crippen LogP contribution is 2.24. The van der Waals surface area contributed by atoms with Crippen molar-refractivity contribution in [3.63, 3.8) is 0 Å². The molecular formula is C17H22F3N3O2. The number of rotatable bonds is 6. The van der Waals surface area contributed by atoms with Crippen LogP contribution in [0.3, 0.4) is 0 Å². The van der Waals surface area contributed by atoms with Gasteiger partial charge in [0.25, 0.3) is 0 Å². The van der Waals surface area contributed by atoms with Gasteiger partial charge < -0.3 is 14.6 Å². The van der Waals surface area contributed by atoms with E-state index in [4.69, 9.17) is 0 Å². The number of fused-ring (bicyclic) bond motifs is 1. The molecule has 1 aliphatic rings. The van der Waals surface area contributed by atoms with Gasteiger partial charge in [0.05, 0.1) is 11.0 Å². The van der Waals surface area contributed by atoms with Crippen molar-refractivity contribution in [2.24, 2.45) is 0 Å². The van der Waals surface area contributed by atoms with Crippen LogP contribution in [0, 0.1) is 0 Å². The SMILES string of the molecule is O=c1[nH]c2ccccc2n1C1CCN(CCCOCC(F)(F)F)CC1. The molecule has 0 radical (unpaired) electrons. The number of hydrogen-bond acceptors (Lipinski definition) is 3. The molecule has 0 saturated carbocycles. The topological polar surface area (TPSA) is 50.3 Å². The molecule has 25 heavy (non-hydrogen) atoms. The highest BCUT2D eigenvalue weighted by atomic mass is 19.4. The van der Waals surface area contributed by atoms with Crippen LogP contribution >= 0.6 is 0 Å². The van der Waals surface area contributed by atoms with Gasteiger partial charge >= 0.3 is 11.9 Å². The van der Waals surface area contributed by atoms with E-state index in [1.807, 2.05) is 28.8 Å². The molecule has 1 fully saturated rings. The normalized spacial score (nSPS) is 17.4. The number of alkyl halides is 3. The molecule has 5 nitrogen and oxygen atoms in total. The molecule has 1 aliphatic heterocycles. The molecule has 1 aromatic carbocycles. The minimum Gasteiger partial charge on any atom is -0.372 e. The Balaban J connectivity index is 1.47. The van der Waals surface area contributed by atoms with Crippen molar-refractivity contribution in [1.29, 1.82) is 0 Å². The smallest absolute Gasteiger partial charge is 0.372 e. The second-order valence-corrected chi connectivity index (χ2v) is 6.41. The zero-order valence-corrected chi connectivity index (χ0v) is 13.9. The van der Waals surface area contributed by atoms with E-state index in [9.17, 15) is 18.0 Å². The number of H-pyrrole nitrogens is 1. The first kappa shape index (κ1) is 18.0. The predicted octanol–water partition coefficient (Wildman–Crippen LogP) is 2.94. The monoisotopic (exact) mass is 357 g/mol. The van der Waals surface area contributed by atoms with Crippen molar-refractivity contribution in [3.8, 4) is 0 Å². The van der Waals surface area contributed by atoms with E-state index < -0.39 is 12.8 Å². The van der Waals surface area contributed by atoms with Gasteiger partial charge in [-0.3, -0.25) is 4.57 Å². The van der Waals surface area contributed by atoms with Gasteiger partial charge in [-0.25, -0.2) is 4.79 Å². The van der Waals surface area contributed by atoms with Gasteiger partial charge in [-0.2, -0.15) is 13.2 Å². The molecule has 0 bridgehead atoms. The van der Waals surface area contributed by atoms with Crippen LogP contribution in [-0.4, -0.2) is 53.5 Å². The minimum absolute atomic E-state index is 0.0831. The number of imidazole rings is 1. The quantitative estimate of drug-likeness (QED) is 0.809. The lowest BCUT2D eigenvalue weighted by atomic mass is 10.0. The average molecular weight is 357 g/mol. The summed E-state index contributed by atoms with van der Waals surface area (Å²) in [4.78, 5) is 17.3. The molecule has 8 heteroatoms. The van der Waals surface area contributed by atoms with Gasteiger partial charge in [-0.05, 0) is 31.4 Å². The van der Waals surface area contributed by atoms with Crippen LogP contribution in [0.25, 0.3) is 11.0 Å². The largest absolute Gasteiger partial charge is 0.411 e. The van der Waals surface area contributed by atoms with Crippen molar-refractivity contribution >= 4 is 11.0 Å². The number of hydrogen-bond donors (Lipinski definition) is 1. The van der Waals surface area contributed by atoms with E-state index in [1.165, 1.54) is 0 Å². The van der Waals surface area contributed by atoms with Crippen molar-refractivity contribution in [3.05, 3.63) is 34.7 Å². The lowest BCUT2D eigenvalue weighted by molar-refractivity contribution is -0.174. The van der Waals surface area contributed by atoms with Crippen LogP contribution in [0.15, 0.2) is 29.1 Å². The van der Waals surface area contributed by atoms with Gasteiger partial charge in [-0.15, -0.1) is 0 Å². The van der Waals surface area contributed by atoms with Gasteiger partial charge in [-0.1, -0.05) is 12.1 Å². The number of benzene rings is 1. The predicted molar refractivity (Wildman–Crippen MR) is 88.8 cm³/mol. The Labute approximate surface area is 143 Å². The van der Waals surface area contributed by atoms with Crippen LogP contribution in [0.5, 0.6) is 0 Å². The second-order valence-electron chi connectivity index (χ2n) is 6.41. The summed E-state index contributed by atoms with van der Waals surface area (Å²) < 4.78 is 42.4. The molecule has 3 rings (SSSR count). The first-order chi connectivity index (χ1) is 11.9. The molecule has 0 unspecified atom stereocenters. The molecule has 1 N–H and O–H groups in total. The average Bonchev–Trinajstić information content (AvgIpc) is 2.90. The lowest BCUT2D eigenvalue weighted by Crippen LogP contribution is -2.37. The number of ether oxygens (including phenoxy) is 1. The number of aromatic nitrogens is 2. The number of likely N-dealkylation sites (tertiary alicyclic amines) is 1. The van der Waals surface area contributed by atoms with E-state index in [1.54, 1.807) is 0 Å². The van der Waals surface area contributed by atoms with Gasteiger partial charge in [0, 0.05) is 32.3 Å². The molecule has 2 heterocycles. The Kier molecular flexibility index (Phi) is 5.48. The van der Waals surface area contributed by atoms with Crippen LogP contribution in [0.4, 0.5) is 13.2 Å². The molecule has 0 aliphatic carbocycles. The summed E-state index contributed by atoms with van der Waals surface area (Å²) in [6.07, 6.45) is -1.98. The molecular weight excluding hydrogens is 335 g/mol. The maximum Gasteiger partial charge on any atom is 0.411 e. The standard InChI is InChI=1S/C17H22F3N3O2/c18-17(19,20)12-25-11-3-8-22-9-6-13(7-10-22)23-15-5-2-1-4-14(15)21-16(23)24/h1-2,4-5,13H,3,6-12H2,(H,21,24). The van der Waals surface area contributed by atoms with Crippen molar-refractivity contribution in [2.75, 3.05) is 32.8 Å². The van der Waals surface area contributed by atoms with E-state index in [0.717, 1.165) is 37.0 Å². The van der Waals surface area contributed by atoms with Gasteiger partial charge in [0.15, 0.2) is 0 Å². The Morgan fingerprint density at radius 2 is 1.92 bits per heavy atom. The zero-order chi connectivity index (χ0) is 17.9. The Bertz CT molecular complexity index is 745. The fourth-order valence-electron chi connectivity index (χ4n) is 3.42. The van der Waals surface area contributed by atoms with Crippen molar-refractivity contribution in [2.45, 2.75) is 31.5 Å². The summed E-state index contributed by atoms with van der Waals surface area (Å²) in [5.41, 5.74) is 1.68. The second kappa shape index (κ2) is 7.61. The fraction of sp³-hybridized carbons (Fsp3) is 0.588. The van der Waals surface area contributed by atoms with Crippen molar-refractivity contribution < 1.29 is 17.9 Å². The number of aromatic amines is 1. The van der Waals surface area contributed by atoms with Crippen LogP contribution in [0.1, 0.15) is 25.3 Å². The van der Waals surface area contributed by atoms with E-state index in [0.29, 0.717) is 13.0 Å². The maximum absolute atomic E-state index is 12.2. The highest BCUT2D eigenvalue weighted by molar-refractivity contribution is 5.75. The fourth-order valence-corrected chi connectivity index (χ4v) is 3.42. The van der Waals surface area contributed by atoms with Gasteiger partial charge in [0.2, 0.25) is 0 Å². The van der Waals surface area contributed by atoms with E-state index >= 15 is 0 Å². The molecule has 2 aromatic rings. The highest BCUT2D eigenvalue weighted by Gasteiger charge is 2.27. The molecule has 1 saturated heterocycles. The van der Waals surface area contributed by atoms with Crippen LogP contribution in [0.2, 0.25) is 0 Å². The molecule has 1 aromatic heterocycles. The number of nitrogens with zero attached hydrogens (tertiary/aromatic N) is 2. The first-order valence-corrected chi connectivity index (χ1v) is 8.50. The third-order valence-electron chi connectivity index (χ3n) is 4.57. The first-order valence-electron chi connectivity index (χ1n) is 8.50. The van der Waals surface area contributed by atoms with Crippen LogP contribution in [-0.2, 0) is 4.74 Å². The molecule has 138 valence electrons. The summed E-state index contributed by atoms with van der Waals surface area (Å²) in [5.74, 6) is 0. The lowest BCUT2D eigenvalue weighted by Gasteiger charge is -2.32. The van der Waals surface area contributed by atoms with Gasteiger partial charge in [0.1, 0.15) is 6.61 Å². The number of nitrogens with one attached hydrogen (secondary N) is 1. The van der Waals surface area contributed by atoms with Crippen LogP contribution < -0.4 is 5.69 Å². The molecule has 0 spiro atoms. The number of halogens is 3. The Morgan fingerprint density at radius 1 is 1.20 bits per heavy atom. The Hall–Kier alpha value is -1.80. The summed E-state index contributed by atoms with van der Waals surface area (Å²) in [7, 11) is 0. The number of piperidine rings is 1. The summed E-state index contributed by atoms with van der Waals surface area (Å²) in [6, 6.07) is 7.80. The Morgan fingerprint density at radius 3 is 2.64 bits per heavy atom. The third-order valence-corrected chi connectivity index (χ3v) is 4.57. The molecule has 0 atom stereocenters.